The molecule has 2 fully saturated rings. The van der Waals surface area contributed by atoms with Gasteiger partial charge in [-0.2, -0.15) is 0 Å². The molecule has 2 N–H and O–H groups in total. The van der Waals surface area contributed by atoms with Crippen LogP contribution >= 0.6 is 12.4 Å². The predicted molar refractivity (Wildman–Crippen MR) is 103 cm³/mol. The van der Waals surface area contributed by atoms with Crippen molar-refractivity contribution in [2.75, 3.05) is 44.4 Å². The molecule has 0 aromatic heterocycles. The quantitative estimate of drug-likeness (QED) is 0.886. The molecule has 0 radical (unpaired) electrons. The van der Waals surface area contributed by atoms with E-state index in [9.17, 15) is 0 Å². The summed E-state index contributed by atoms with van der Waals surface area (Å²) in [6.45, 7) is 5.98. The highest BCUT2D eigenvalue weighted by Crippen LogP contribution is 2.41. The van der Waals surface area contributed by atoms with Crippen LogP contribution < -0.4 is 20.1 Å². The van der Waals surface area contributed by atoms with Crippen LogP contribution in [0.3, 0.4) is 0 Å². The summed E-state index contributed by atoms with van der Waals surface area (Å²) in [5.74, 6) is 2.70. The lowest BCUT2D eigenvalue weighted by atomic mass is 9.84. The number of halogens is 1. The zero-order valence-corrected chi connectivity index (χ0v) is 15.7. The Kier molecular flexibility index (Phi) is 6.31. The molecular weight excluding hydrogens is 338 g/mol. The Bertz CT molecular complexity index is 556. The first-order chi connectivity index (χ1) is 11.8. The van der Waals surface area contributed by atoms with Gasteiger partial charge in [0.25, 0.3) is 0 Å². The topological polar surface area (TPSA) is 51.0 Å². The minimum absolute atomic E-state index is 0. The molecule has 1 saturated heterocycles. The number of ether oxygens (including phenoxy) is 2. The van der Waals surface area contributed by atoms with Crippen LogP contribution in [-0.4, -0.2) is 50.5 Å². The number of fused-ring (bicyclic) bond motifs is 1. The molecule has 1 saturated carbocycles. The largest absolute Gasteiger partial charge is 0.454 e. The van der Waals surface area contributed by atoms with E-state index >= 15 is 0 Å². The second-order valence-corrected chi connectivity index (χ2v) is 7.41. The number of piperazine rings is 1. The number of nitrogens with two attached hydrogens (primary N) is 1. The van der Waals surface area contributed by atoms with Gasteiger partial charge in [0.15, 0.2) is 11.5 Å². The van der Waals surface area contributed by atoms with Crippen LogP contribution in [-0.2, 0) is 0 Å². The van der Waals surface area contributed by atoms with E-state index in [2.05, 4.69) is 21.9 Å². The molecule has 2 heterocycles. The van der Waals surface area contributed by atoms with Crippen molar-refractivity contribution < 1.29 is 9.47 Å². The van der Waals surface area contributed by atoms with Crippen LogP contribution in [0.25, 0.3) is 0 Å². The maximum Gasteiger partial charge on any atom is 0.231 e. The van der Waals surface area contributed by atoms with Crippen molar-refractivity contribution in [2.45, 2.75) is 38.1 Å². The molecule has 0 unspecified atom stereocenters. The molecule has 2 aliphatic heterocycles. The average Bonchev–Trinajstić information content (AvgIpc) is 3.10. The normalized spacial score (nSPS) is 26.4. The van der Waals surface area contributed by atoms with Crippen molar-refractivity contribution in [1.82, 2.24) is 4.90 Å². The average molecular weight is 368 g/mol. The van der Waals surface area contributed by atoms with Crippen molar-refractivity contribution in [3.8, 4) is 11.5 Å². The number of anilines is 1. The minimum Gasteiger partial charge on any atom is -0.454 e. The highest BCUT2D eigenvalue weighted by molar-refractivity contribution is 5.85. The van der Waals surface area contributed by atoms with Gasteiger partial charge in [0.2, 0.25) is 6.79 Å². The Morgan fingerprint density at radius 3 is 2.52 bits per heavy atom. The lowest BCUT2D eigenvalue weighted by molar-refractivity contribution is 0.173. The zero-order chi connectivity index (χ0) is 16.4. The number of nitrogens with zero attached hydrogens (tertiary/aromatic N) is 2. The van der Waals surface area contributed by atoms with Crippen molar-refractivity contribution in [3.63, 3.8) is 0 Å². The molecule has 25 heavy (non-hydrogen) atoms. The first-order valence-electron chi connectivity index (χ1n) is 9.41. The van der Waals surface area contributed by atoms with Gasteiger partial charge in [-0.05, 0) is 56.7 Å². The molecular formula is C19H30ClN3O2. The summed E-state index contributed by atoms with van der Waals surface area (Å²) in [6.07, 6.45) is 6.44. The monoisotopic (exact) mass is 367 g/mol. The van der Waals surface area contributed by atoms with Crippen LogP contribution in [0.5, 0.6) is 11.5 Å². The highest BCUT2D eigenvalue weighted by Gasteiger charge is 2.25. The summed E-state index contributed by atoms with van der Waals surface area (Å²) in [5, 5.41) is 0. The number of para-hydroxylation sites is 1. The van der Waals surface area contributed by atoms with E-state index in [1.54, 1.807) is 0 Å². The molecule has 1 aliphatic carbocycles. The first kappa shape index (κ1) is 18.6. The summed E-state index contributed by atoms with van der Waals surface area (Å²) in [4.78, 5) is 5.05. The standard InChI is InChI=1S/C19H29N3O2.ClH/c20-16-6-4-15(5-7-16)8-9-21-10-12-22(13-11-21)17-2-1-3-18-19(17)24-14-23-18;/h1-3,15-16H,4-14,20H2;1H/t15-,16-;. The van der Waals surface area contributed by atoms with Gasteiger partial charge in [-0.25, -0.2) is 0 Å². The second kappa shape index (κ2) is 8.47. The Hall–Kier alpha value is -1.17. The number of benzene rings is 1. The maximum absolute atomic E-state index is 6.01. The van der Waals surface area contributed by atoms with Gasteiger partial charge in [0, 0.05) is 32.2 Å². The van der Waals surface area contributed by atoms with E-state index in [0.29, 0.717) is 12.8 Å². The molecule has 1 aromatic rings. The second-order valence-electron chi connectivity index (χ2n) is 7.41. The van der Waals surface area contributed by atoms with Crippen LogP contribution in [0.2, 0.25) is 0 Å². The summed E-state index contributed by atoms with van der Waals surface area (Å²) >= 11 is 0. The van der Waals surface area contributed by atoms with Gasteiger partial charge in [0.1, 0.15) is 0 Å². The van der Waals surface area contributed by atoms with E-state index in [4.69, 9.17) is 15.2 Å². The smallest absolute Gasteiger partial charge is 0.231 e. The van der Waals surface area contributed by atoms with Crippen LogP contribution in [0, 0.1) is 5.92 Å². The van der Waals surface area contributed by atoms with Crippen molar-refractivity contribution in [1.29, 1.82) is 0 Å². The van der Waals surface area contributed by atoms with E-state index in [1.807, 2.05) is 6.07 Å². The Morgan fingerprint density at radius 1 is 1.00 bits per heavy atom. The van der Waals surface area contributed by atoms with Gasteiger partial charge in [-0.1, -0.05) is 6.07 Å². The van der Waals surface area contributed by atoms with Crippen molar-refractivity contribution >= 4 is 18.1 Å². The van der Waals surface area contributed by atoms with E-state index in [1.165, 1.54) is 44.3 Å². The van der Waals surface area contributed by atoms with Crippen LogP contribution in [0.4, 0.5) is 5.69 Å². The van der Waals surface area contributed by atoms with Crippen molar-refractivity contribution in [3.05, 3.63) is 18.2 Å². The molecule has 0 spiro atoms. The molecule has 1 aromatic carbocycles. The minimum atomic E-state index is 0. The van der Waals surface area contributed by atoms with E-state index < -0.39 is 0 Å². The lowest BCUT2D eigenvalue weighted by Crippen LogP contribution is -2.47. The fourth-order valence-electron chi connectivity index (χ4n) is 4.22. The molecule has 4 rings (SSSR count). The molecule has 140 valence electrons. The Labute approximate surface area is 156 Å². The number of hydrogen-bond donors (Lipinski definition) is 1. The summed E-state index contributed by atoms with van der Waals surface area (Å²) in [7, 11) is 0. The first-order valence-corrected chi connectivity index (χ1v) is 9.41. The van der Waals surface area contributed by atoms with Crippen LogP contribution in [0.15, 0.2) is 18.2 Å². The van der Waals surface area contributed by atoms with E-state index in [-0.39, 0.29) is 12.4 Å². The molecule has 0 atom stereocenters. The van der Waals surface area contributed by atoms with Gasteiger partial charge in [0.05, 0.1) is 5.69 Å². The van der Waals surface area contributed by atoms with Gasteiger partial charge in [-0.3, -0.25) is 4.90 Å². The number of hydrogen-bond acceptors (Lipinski definition) is 5. The molecule has 0 amide bonds. The van der Waals surface area contributed by atoms with E-state index in [0.717, 1.165) is 43.6 Å². The third-order valence-electron chi connectivity index (χ3n) is 5.83. The number of rotatable bonds is 4. The van der Waals surface area contributed by atoms with Gasteiger partial charge < -0.3 is 20.1 Å². The SMILES string of the molecule is Cl.N[C@H]1CC[C@H](CCN2CCN(c3cccc4c3OCO4)CC2)CC1. The Balaban J connectivity index is 0.00000182. The summed E-state index contributed by atoms with van der Waals surface area (Å²) in [5.41, 5.74) is 7.20. The molecule has 0 bridgehead atoms. The third kappa shape index (κ3) is 4.33. The molecule has 3 aliphatic rings. The van der Waals surface area contributed by atoms with Crippen molar-refractivity contribution in [2.24, 2.45) is 11.7 Å². The predicted octanol–water partition coefficient (Wildman–Crippen LogP) is 2.87. The zero-order valence-electron chi connectivity index (χ0n) is 14.9. The lowest BCUT2D eigenvalue weighted by Gasteiger charge is -2.37. The van der Waals surface area contributed by atoms with Crippen LogP contribution in [0.1, 0.15) is 32.1 Å². The summed E-state index contributed by atoms with van der Waals surface area (Å²) < 4.78 is 11.2. The Morgan fingerprint density at radius 2 is 1.76 bits per heavy atom. The summed E-state index contributed by atoms with van der Waals surface area (Å²) in [6, 6.07) is 6.65. The maximum atomic E-state index is 6.01. The fourth-order valence-corrected chi connectivity index (χ4v) is 4.22. The fraction of sp³-hybridized carbons (Fsp3) is 0.684. The van der Waals surface area contributed by atoms with Gasteiger partial charge in [-0.15, -0.1) is 12.4 Å². The highest BCUT2D eigenvalue weighted by atomic mass is 35.5. The molecule has 5 nitrogen and oxygen atoms in total. The third-order valence-corrected chi connectivity index (χ3v) is 5.83. The van der Waals surface area contributed by atoms with Gasteiger partial charge >= 0.3 is 0 Å². The molecule has 6 heteroatoms.